The maximum atomic E-state index is 12.2. The third-order valence-corrected chi connectivity index (χ3v) is 27.3. The number of hydrogen-bond donors (Lipinski definition) is 9. The molecule has 10 atom stereocenters. The van der Waals surface area contributed by atoms with E-state index in [0.29, 0.717) is 6.04 Å². The number of rotatable bonds is 26. The molecule has 716 valence electrons. The van der Waals surface area contributed by atoms with E-state index in [2.05, 4.69) is 151 Å². The molecule has 0 unspecified atom stereocenters. The highest BCUT2D eigenvalue weighted by molar-refractivity contribution is 7.99. The van der Waals surface area contributed by atoms with Crippen LogP contribution in [0.5, 0.6) is 0 Å². The quantitative estimate of drug-likeness (QED) is 0.0264. The lowest BCUT2D eigenvalue weighted by Crippen LogP contribution is -2.50. The van der Waals surface area contributed by atoms with E-state index >= 15 is 0 Å². The maximum absolute atomic E-state index is 12.2. The van der Waals surface area contributed by atoms with Crippen molar-refractivity contribution >= 4 is 59.0 Å². The van der Waals surface area contributed by atoms with Gasteiger partial charge in [0.25, 0.3) is 0 Å². The summed E-state index contributed by atoms with van der Waals surface area (Å²) in [7, 11) is 16.0. The van der Waals surface area contributed by atoms with Crippen LogP contribution in [-0.2, 0) is 64.0 Å². The number of likely N-dealkylation sites (tertiary alicyclic amines) is 7. The number of piperidine rings is 1. The van der Waals surface area contributed by atoms with Gasteiger partial charge in [-0.25, -0.2) is 8.78 Å². The second-order valence-corrected chi connectivity index (χ2v) is 38.8. The fourth-order valence-electron chi connectivity index (χ4n) is 18.3. The normalized spacial score (nSPS) is 23.4. The van der Waals surface area contributed by atoms with Crippen molar-refractivity contribution in [3.8, 4) is 0 Å². The Hall–Kier alpha value is -7.51. The first-order valence-electron chi connectivity index (χ1n) is 48.0. The molecular formula is C100H162F2N16O9S. The van der Waals surface area contributed by atoms with Crippen LogP contribution in [0.3, 0.4) is 0 Å². The van der Waals surface area contributed by atoms with Crippen LogP contribution in [0.25, 0.3) is 0 Å². The first-order valence-corrected chi connectivity index (χ1v) is 49.2. The van der Waals surface area contributed by atoms with Gasteiger partial charge < -0.3 is 47.6 Å². The Morgan fingerprint density at radius 1 is 0.414 bits per heavy atom. The van der Waals surface area contributed by atoms with Crippen molar-refractivity contribution in [2.75, 3.05) is 153 Å². The molecule has 9 fully saturated rings. The summed E-state index contributed by atoms with van der Waals surface area (Å²) in [5.41, 5.74) is 6.10. The molecule has 128 heavy (non-hydrogen) atoms. The van der Waals surface area contributed by atoms with Crippen LogP contribution in [0.2, 0.25) is 0 Å². The number of carbonyl (C=O) groups is 8. The number of nitrogens with zero attached hydrogens (tertiary/aromatic N) is 8. The Kier molecular flexibility index (Phi) is 49.1. The van der Waals surface area contributed by atoms with E-state index in [1.165, 1.54) is 67.2 Å². The number of aliphatic hydroxyl groups is 1. The van der Waals surface area contributed by atoms with Gasteiger partial charge in [-0.1, -0.05) is 148 Å². The monoisotopic (exact) mass is 1800 g/mol. The molecule has 8 saturated heterocycles. The van der Waals surface area contributed by atoms with Gasteiger partial charge in [-0.2, -0.15) is 0 Å². The number of alkyl halides is 2. The molecule has 4 aromatic rings. The largest absolute Gasteiger partial charge is 0.386 e. The van der Waals surface area contributed by atoms with E-state index in [1.54, 1.807) is 0 Å². The van der Waals surface area contributed by atoms with E-state index in [9.17, 15) is 52.2 Å². The standard InChI is InChI=1S/C15H22N2O2.C15H20N2O.C15H22N2O.C14H20N2O.C13H24N2O.C10H20N2O.C9H16F2N2O.C9H18N2OS/c1-11(14(18)12-7-4-3-5-8-12)16-15(19)13-9-6-10-17(13)2;1-17-8-4-7-14(17)15(18)16-13-9-11-5-2-3-6-12(11)10-13;1-17-12-6-10-14(17)15(18)16-11-5-9-13-7-3-2-4-8-13;1-16-11-5-8-13(16)14(17)15-10-9-12-6-3-2-4-7-12;1-15-9-5-8-12(15)13(16)14-10-11-6-3-2-4-7-11;1-3-7-11-10(13)9-6-4-5-8-12(9)2;1-13-4-2-3-8(13)9(14)12-7(5-10)6-11;1-9(2,3)10-8(12)7-5-13-6-11(7)4/h3-5,7-8,11,13-14,18H,6,9-10H2,1-2H3,(H,16,19);2-3,5-6,13-14H,4,7-10H2,1H3,(H,16,18);2-4,7-8,14H,5-6,9-12H2,1H3,(H,16,18);2-4,6-7,13H,5,8-11H2,1H3,(H,15,17);11-12H,2-10H2,1H3,(H,14,16);9H,3-8H2,1-2H3,(H,11,13);7-8H,2-6H2,1H3,(H,12,14);7H,5-6H2,1-4H3,(H,10,12)/t11-,13-,14-;2*14-;13-;12-;9-;8-;7-/m00000000/s1. The molecule has 0 spiro atoms. The van der Waals surface area contributed by atoms with Crippen LogP contribution in [-0.4, -0.2) is 317 Å². The summed E-state index contributed by atoms with van der Waals surface area (Å²) in [5.74, 6) is 3.59. The zero-order chi connectivity index (χ0) is 92.9. The van der Waals surface area contributed by atoms with Crippen molar-refractivity contribution in [3.63, 3.8) is 0 Å². The number of halogens is 2. The van der Waals surface area contributed by atoms with Crippen molar-refractivity contribution < 1.29 is 52.2 Å². The number of carbonyl (C=O) groups excluding carboxylic acids is 8. The predicted octanol–water partition coefficient (Wildman–Crippen LogP) is 10.1. The van der Waals surface area contributed by atoms with Gasteiger partial charge in [0.2, 0.25) is 47.3 Å². The molecule has 8 heterocycles. The fourth-order valence-corrected chi connectivity index (χ4v) is 19.5. The zero-order valence-electron chi connectivity index (χ0n) is 79.9. The van der Waals surface area contributed by atoms with Gasteiger partial charge in [0.1, 0.15) is 13.3 Å². The number of amides is 8. The second-order valence-electron chi connectivity index (χ2n) is 37.8. The third kappa shape index (κ3) is 38.0. The highest BCUT2D eigenvalue weighted by Crippen LogP contribution is 2.27. The minimum Gasteiger partial charge on any atom is -0.386 e. The van der Waals surface area contributed by atoms with Crippen molar-refractivity contribution in [3.05, 3.63) is 143 Å². The molecule has 28 heteroatoms. The number of nitrogens with one attached hydrogen (secondary N) is 8. The van der Waals surface area contributed by atoms with Crippen LogP contribution in [0.1, 0.15) is 210 Å². The number of thioether (sulfide) groups is 1. The van der Waals surface area contributed by atoms with Crippen LogP contribution in [0, 0.1) is 5.92 Å². The van der Waals surface area contributed by atoms with Gasteiger partial charge in [-0.3, -0.25) is 77.6 Å². The van der Waals surface area contributed by atoms with Gasteiger partial charge in [0, 0.05) is 49.4 Å². The minimum atomic E-state index is -0.975. The molecule has 8 aliphatic heterocycles. The summed E-state index contributed by atoms with van der Waals surface area (Å²) in [6, 6.07) is 37.9. The van der Waals surface area contributed by atoms with Crippen molar-refractivity contribution in [2.45, 2.75) is 280 Å². The van der Waals surface area contributed by atoms with Crippen LogP contribution in [0.4, 0.5) is 8.78 Å². The molecule has 8 amide bonds. The summed E-state index contributed by atoms with van der Waals surface area (Å²) in [4.78, 5) is 112. The lowest BCUT2D eigenvalue weighted by molar-refractivity contribution is -0.127. The summed E-state index contributed by atoms with van der Waals surface area (Å²) in [6.07, 6.45) is 27.7. The molecule has 0 radical (unpaired) electrons. The van der Waals surface area contributed by atoms with Crippen molar-refractivity contribution in [1.82, 2.24) is 81.7 Å². The molecule has 10 aliphatic rings. The molecule has 9 N–H and O–H groups in total. The first kappa shape index (κ1) is 108. The number of aliphatic hydroxyl groups excluding tert-OH is 1. The highest BCUT2D eigenvalue weighted by Gasteiger charge is 2.36. The molecule has 1 saturated carbocycles. The highest BCUT2D eigenvalue weighted by atomic mass is 32.2. The van der Waals surface area contributed by atoms with Crippen LogP contribution < -0.4 is 42.5 Å². The van der Waals surface area contributed by atoms with E-state index in [1.807, 2.05) is 148 Å². The van der Waals surface area contributed by atoms with E-state index in [0.717, 1.165) is 217 Å². The Labute approximate surface area is 770 Å². The van der Waals surface area contributed by atoms with Gasteiger partial charge >= 0.3 is 0 Å². The van der Waals surface area contributed by atoms with E-state index < -0.39 is 25.5 Å². The fraction of sp³-hybridized carbons (Fsp3) is 0.680. The maximum Gasteiger partial charge on any atom is 0.238 e. The Balaban J connectivity index is 0.000000201. The van der Waals surface area contributed by atoms with Crippen molar-refractivity contribution in [1.29, 1.82) is 0 Å². The lowest BCUT2D eigenvalue weighted by Gasteiger charge is -2.31. The van der Waals surface area contributed by atoms with Gasteiger partial charge in [0.05, 0.1) is 66.5 Å². The van der Waals surface area contributed by atoms with Gasteiger partial charge in [-0.15, -0.1) is 11.8 Å². The number of aryl methyl sites for hydroxylation is 1. The SMILES string of the molecule is CCCNC(=O)[C@@H]1CCCCN1C.CN1CCC[C@H]1C(=O)NC(CF)CF.CN1CCC[C@H]1C(=O)NC1Cc2ccccc2C1.CN1CCC[C@H]1C(=O)NCC1CCCCC1.CN1CCC[C@H]1C(=O)NCCCc1ccccc1.CN1CCC[C@H]1C(=O)NCCc1ccccc1.CN1CSC[C@H]1C(=O)NC(C)(C)C.C[C@H](NC(=O)[C@@H]1CCCN1C)[C@H](O)c1ccccc1. The predicted molar refractivity (Wildman–Crippen MR) is 513 cm³/mol. The summed E-state index contributed by atoms with van der Waals surface area (Å²) in [6.45, 7) is 18.5. The minimum absolute atomic E-state index is 0.0162. The summed E-state index contributed by atoms with van der Waals surface area (Å²) < 4.78 is 24.3. The lowest BCUT2D eigenvalue weighted by atomic mass is 9.89. The molecule has 4 aromatic carbocycles. The summed E-state index contributed by atoms with van der Waals surface area (Å²) >= 11 is 1.81. The van der Waals surface area contributed by atoms with Crippen LogP contribution >= 0.6 is 11.8 Å². The van der Waals surface area contributed by atoms with Gasteiger partial charge in [0.15, 0.2) is 0 Å². The average molecular weight is 1800 g/mol. The van der Waals surface area contributed by atoms with Crippen molar-refractivity contribution in [2.24, 2.45) is 5.92 Å². The first-order chi connectivity index (χ1) is 61.5. The second kappa shape index (κ2) is 58.4. The number of likely N-dealkylation sites (N-methyl/N-ethyl adjacent to an activating group) is 8. The number of hydrogen-bond acceptors (Lipinski definition) is 18. The molecule has 25 nitrogen and oxygen atoms in total. The number of fused-ring (bicyclic) bond motifs is 1. The topological polar surface area (TPSA) is 279 Å². The molecule has 2 aliphatic carbocycles. The Bertz CT molecular complexity index is 3850. The molecular weight excluding hydrogens is 1640 g/mol. The molecule has 0 bridgehead atoms. The van der Waals surface area contributed by atoms with E-state index in [4.69, 9.17) is 0 Å². The average Bonchev–Trinajstić information content (AvgIpc) is 1.70. The number of benzene rings is 4. The third-order valence-electron chi connectivity index (χ3n) is 26.2. The van der Waals surface area contributed by atoms with E-state index in [-0.39, 0.29) is 107 Å². The summed E-state index contributed by atoms with van der Waals surface area (Å²) in [5, 5.41) is 33.9. The Morgan fingerprint density at radius 2 is 0.789 bits per heavy atom. The van der Waals surface area contributed by atoms with Gasteiger partial charge in [-0.05, 0) is 305 Å². The molecule has 0 aromatic heterocycles. The zero-order valence-corrected chi connectivity index (χ0v) is 80.7. The van der Waals surface area contributed by atoms with Crippen LogP contribution in [0.15, 0.2) is 115 Å². The Morgan fingerprint density at radius 3 is 1.20 bits per heavy atom. The molecule has 14 rings (SSSR count). The smallest absolute Gasteiger partial charge is 0.238 e.